The first-order valence-corrected chi connectivity index (χ1v) is 13.0. The summed E-state index contributed by atoms with van der Waals surface area (Å²) in [6.07, 6.45) is 0. The van der Waals surface area contributed by atoms with Crippen LogP contribution in [0.4, 0.5) is 11.4 Å². The Morgan fingerprint density at radius 2 is 1.39 bits per heavy atom. The van der Waals surface area contributed by atoms with E-state index in [0.717, 1.165) is 10.5 Å². The van der Waals surface area contributed by atoms with Gasteiger partial charge in [-0.3, -0.25) is 19.2 Å². The van der Waals surface area contributed by atoms with Crippen LogP contribution in [0.2, 0.25) is 0 Å². The van der Waals surface area contributed by atoms with Crippen molar-refractivity contribution in [2.45, 2.75) is 24.0 Å². The molecule has 0 fully saturated rings. The number of carbonyl (C=O) groups excluding carboxylic acids is 4. The van der Waals surface area contributed by atoms with Gasteiger partial charge in [0.2, 0.25) is 5.91 Å². The average molecular weight is 521 g/mol. The molecule has 2 amide bonds. The molecule has 0 aliphatic heterocycles. The van der Waals surface area contributed by atoms with Crippen LogP contribution in [-0.2, 0) is 4.79 Å². The molecule has 7 heteroatoms. The number of fused-ring (bicyclic) bond motifs is 2. The van der Waals surface area contributed by atoms with Crippen LogP contribution in [0, 0.1) is 6.92 Å². The summed E-state index contributed by atoms with van der Waals surface area (Å²) in [4.78, 5) is 52.5. The lowest BCUT2D eigenvalue weighted by molar-refractivity contribution is -0.115. The second-order valence-electron chi connectivity index (χ2n) is 9.03. The summed E-state index contributed by atoms with van der Waals surface area (Å²) in [6, 6.07) is 26.2. The van der Waals surface area contributed by atoms with Crippen LogP contribution >= 0.6 is 11.8 Å². The normalized spacial score (nSPS) is 12.8. The fourth-order valence-corrected chi connectivity index (χ4v) is 5.22. The molecule has 1 unspecified atom stereocenters. The SMILES string of the molecule is Cc1cccc(C(=O)Nc2ccc(SC(C)C(=O)Nc3cccc4c3C(=O)c3ccccc3C4=O)cc2)c1. The fraction of sp³-hybridized carbons (Fsp3) is 0.0968. The number of ketones is 2. The Labute approximate surface area is 224 Å². The highest BCUT2D eigenvalue weighted by molar-refractivity contribution is 8.00. The van der Waals surface area contributed by atoms with Crippen LogP contribution in [0.3, 0.4) is 0 Å². The molecule has 0 saturated heterocycles. The van der Waals surface area contributed by atoms with Gasteiger partial charge in [0.1, 0.15) is 0 Å². The zero-order valence-corrected chi connectivity index (χ0v) is 21.6. The second-order valence-corrected chi connectivity index (χ2v) is 10.4. The summed E-state index contributed by atoms with van der Waals surface area (Å²) in [6.45, 7) is 3.70. The van der Waals surface area contributed by atoms with E-state index in [0.29, 0.717) is 28.1 Å². The monoisotopic (exact) mass is 520 g/mol. The van der Waals surface area contributed by atoms with Crippen molar-refractivity contribution in [1.82, 2.24) is 0 Å². The molecule has 38 heavy (non-hydrogen) atoms. The molecule has 1 aliphatic carbocycles. The molecule has 6 nitrogen and oxygen atoms in total. The highest BCUT2D eigenvalue weighted by Crippen LogP contribution is 2.33. The Kier molecular flexibility index (Phi) is 6.94. The van der Waals surface area contributed by atoms with Gasteiger partial charge in [0.05, 0.1) is 16.5 Å². The van der Waals surface area contributed by atoms with E-state index in [-0.39, 0.29) is 34.5 Å². The van der Waals surface area contributed by atoms with Gasteiger partial charge in [0, 0.05) is 32.8 Å². The Bertz CT molecular complexity index is 1590. The summed E-state index contributed by atoms with van der Waals surface area (Å²) in [5, 5.41) is 5.23. The van der Waals surface area contributed by atoms with Crippen LogP contribution in [0.1, 0.15) is 54.7 Å². The Balaban J connectivity index is 1.26. The standard InChI is InChI=1S/C31H24N2O4S/c1-18-7-5-8-20(17-18)31(37)32-21-13-15-22(16-14-21)38-19(2)30(36)33-26-12-6-11-25-27(26)29(35)24-10-4-3-9-23(24)28(25)34/h3-17,19H,1-2H3,(H,32,37)(H,33,36). The molecule has 0 heterocycles. The minimum Gasteiger partial charge on any atom is -0.324 e. The minimum absolute atomic E-state index is 0.191. The first-order chi connectivity index (χ1) is 18.3. The number of nitrogens with one attached hydrogen (secondary N) is 2. The smallest absolute Gasteiger partial charge is 0.255 e. The van der Waals surface area contributed by atoms with Gasteiger partial charge in [-0.1, -0.05) is 54.1 Å². The van der Waals surface area contributed by atoms with Crippen molar-refractivity contribution in [2.75, 3.05) is 10.6 Å². The van der Waals surface area contributed by atoms with Crippen molar-refractivity contribution in [2.24, 2.45) is 0 Å². The van der Waals surface area contributed by atoms with Crippen molar-refractivity contribution in [3.8, 4) is 0 Å². The maximum atomic E-state index is 13.2. The van der Waals surface area contributed by atoms with Crippen molar-refractivity contribution in [3.05, 3.63) is 124 Å². The van der Waals surface area contributed by atoms with E-state index in [2.05, 4.69) is 10.6 Å². The quantitative estimate of drug-likeness (QED) is 0.262. The van der Waals surface area contributed by atoms with E-state index in [9.17, 15) is 19.2 Å². The maximum absolute atomic E-state index is 13.2. The molecule has 0 aromatic heterocycles. The van der Waals surface area contributed by atoms with Crippen LogP contribution in [0.15, 0.2) is 95.9 Å². The van der Waals surface area contributed by atoms with Crippen molar-refractivity contribution >= 4 is 46.5 Å². The van der Waals surface area contributed by atoms with E-state index < -0.39 is 5.25 Å². The molecule has 0 radical (unpaired) electrons. The van der Waals surface area contributed by atoms with Gasteiger partial charge in [-0.25, -0.2) is 0 Å². The van der Waals surface area contributed by atoms with Gasteiger partial charge in [0.25, 0.3) is 5.91 Å². The van der Waals surface area contributed by atoms with E-state index in [1.165, 1.54) is 11.8 Å². The molecule has 0 spiro atoms. The Hall–Kier alpha value is -4.49. The molecule has 4 aromatic carbocycles. The largest absolute Gasteiger partial charge is 0.324 e. The Morgan fingerprint density at radius 3 is 2.11 bits per heavy atom. The molecule has 2 N–H and O–H groups in total. The molecule has 1 aliphatic rings. The van der Waals surface area contributed by atoms with Crippen molar-refractivity contribution < 1.29 is 19.2 Å². The number of aryl methyl sites for hydroxylation is 1. The molecule has 188 valence electrons. The maximum Gasteiger partial charge on any atom is 0.255 e. The molecular weight excluding hydrogens is 496 g/mol. The number of thioether (sulfide) groups is 1. The number of rotatable bonds is 6. The molecular formula is C31H24N2O4S. The number of hydrogen-bond acceptors (Lipinski definition) is 5. The van der Waals surface area contributed by atoms with Gasteiger partial charge < -0.3 is 10.6 Å². The van der Waals surface area contributed by atoms with Crippen molar-refractivity contribution in [3.63, 3.8) is 0 Å². The third-order valence-electron chi connectivity index (χ3n) is 6.28. The predicted octanol–water partition coefficient (Wildman–Crippen LogP) is 6.14. The van der Waals surface area contributed by atoms with Gasteiger partial charge in [-0.15, -0.1) is 11.8 Å². The van der Waals surface area contributed by atoms with Gasteiger partial charge in [-0.05, 0) is 56.3 Å². The lowest BCUT2D eigenvalue weighted by Crippen LogP contribution is -2.27. The van der Waals surface area contributed by atoms with Crippen LogP contribution < -0.4 is 10.6 Å². The fourth-order valence-electron chi connectivity index (χ4n) is 4.35. The van der Waals surface area contributed by atoms with Crippen molar-refractivity contribution in [1.29, 1.82) is 0 Å². The Morgan fingerprint density at radius 1 is 0.737 bits per heavy atom. The first-order valence-electron chi connectivity index (χ1n) is 12.1. The van der Waals surface area contributed by atoms with Gasteiger partial charge in [0.15, 0.2) is 11.6 Å². The lowest BCUT2D eigenvalue weighted by Gasteiger charge is -2.21. The second kappa shape index (κ2) is 10.5. The zero-order chi connectivity index (χ0) is 26.8. The molecule has 1 atom stereocenters. The molecule has 4 aromatic rings. The van der Waals surface area contributed by atoms with Gasteiger partial charge >= 0.3 is 0 Å². The van der Waals surface area contributed by atoms with E-state index >= 15 is 0 Å². The summed E-state index contributed by atoms with van der Waals surface area (Å²) in [7, 11) is 0. The summed E-state index contributed by atoms with van der Waals surface area (Å²) >= 11 is 1.35. The van der Waals surface area contributed by atoms with E-state index in [1.54, 1.807) is 67.6 Å². The minimum atomic E-state index is -0.486. The summed E-state index contributed by atoms with van der Waals surface area (Å²) in [5.74, 6) is -0.999. The third kappa shape index (κ3) is 5.01. The molecule has 0 saturated carbocycles. The number of anilines is 2. The van der Waals surface area contributed by atoms with Crippen LogP contribution in [0.5, 0.6) is 0 Å². The third-order valence-corrected chi connectivity index (χ3v) is 7.40. The molecule has 5 rings (SSSR count). The predicted molar refractivity (Wildman–Crippen MR) is 149 cm³/mol. The number of amides is 2. The number of benzene rings is 4. The highest BCUT2D eigenvalue weighted by Gasteiger charge is 2.32. The number of carbonyl (C=O) groups is 4. The molecule has 0 bridgehead atoms. The first kappa shape index (κ1) is 25.2. The zero-order valence-electron chi connectivity index (χ0n) is 20.8. The highest BCUT2D eigenvalue weighted by atomic mass is 32.2. The summed E-state index contributed by atoms with van der Waals surface area (Å²) < 4.78 is 0. The topological polar surface area (TPSA) is 92.3 Å². The van der Waals surface area contributed by atoms with E-state index in [4.69, 9.17) is 0 Å². The van der Waals surface area contributed by atoms with E-state index in [1.807, 2.05) is 37.3 Å². The average Bonchev–Trinajstić information content (AvgIpc) is 2.92. The van der Waals surface area contributed by atoms with Crippen LogP contribution in [-0.4, -0.2) is 28.6 Å². The lowest BCUT2D eigenvalue weighted by atomic mass is 9.83. The van der Waals surface area contributed by atoms with Gasteiger partial charge in [-0.2, -0.15) is 0 Å². The number of hydrogen-bond donors (Lipinski definition) is 2. The summed E-state index contributed by atoms with van der Waals surface area (Å²) in [5.41, 5.74) is 3.78. The van der Waals surface area contributed by atoms with Crippen LogP contribution in [0.25, 0.3) is 0 Å².